The Hall–Kier alpha value is -0.500. The van der Waals surface area contributed by atoms with Crippen molar-refractivity contribution in [2.24, 2.45) is 5.92 Å². The summed E-state index contributed by atoms with van der Waals surface area (Å²) in [5, 5.41) is 0. The van der Waals surface area contributed by atoms with Crippen molar-refractivity contribution in [2.75, 3.05) is 0 Å². The number of unbranched alkanes of at least 4 members (excludes halogenated alkanes) is 1. The molecule has 0 spiro atoms. The average Bonchev–Trinajstić information content (AvgIpc) is 2.72. The third-order valence-electron chi connectivity index (χ3n) is 4.27. The summed E-state index contributed by atoms with van der Waals surface area (Å²) in [6.07, 6.45) is 6.16. The van der Waals surface area contributed by atoms with Gasteiger partial charge in [-0.15, -0.1) is 0 Å². The lowest BCUT2D eigenvalue weighted by Crippen LogP contribution is -2.24. The van der Waals surface area contributed by atoms with Crippen LogP contribution in [-0.2, 0) is 6.42 Å². The number of fused-ring (bicyclic) bond motifs is 1. The highest BCUT2D eigenvalue weighted by molar-refractivity contribution is 9.09. The molecule has 2 rings (SSSR count). The Kier molecular flexibility index (Phi) is 5.17. The van der Waals surface area contributed by atoms with Crippen LogP contribution in [0.4, 0.5) is 0 Å². The standard InChI is InChI=1S/C18H27BrO/c1-5-7-8-13(6-2)17(19)14-9-10-16-15(11-14)12-18(3,4)20-16/h9-11,13,17H,5-8,12H2,1-4H3. The van der Waals surface area contributed by atoms with Gasteiger partial charge in [0.05, 0.1) is 0 Å². The van der Waals surface area contributed by atoms with Gasteiger partial charge in [-0.05, 0) is 43.4 Å². The molecule has 0 amide bonds. The van der Waals surface area contributed by atoms with Gasteiger partial charge in [0.1, 0.15) is 11.4 Å². The molecule has 2 atom stereocenters. The fraction of sp³-hybridized carbons (Fsp3) is 0.667. The Balaban J connectivity index is 2.13. The van der Waals surface area contributed by atoms with Gasteiger partial charge in [0.15, 0.2) is 0 Å². The third kappa shape index (κ3) is 3.58. The van der Waals surface area contributed by atoms with E-state index in [0.717, 1.165) is 18.1 Å². The zero-order valence-corrected chi connectivity index (χ0v) is 14.8. The average molecular weight is 339 g/mol. The van der Waals surface area contributed by atoms with Crippen molar-refractivity contribution in [3.63, 3.8) is 0 Å². The molecule has 0 aliphatic carbocycles. The summed E-state index contributed by atoms with van der Waals surface area (Å²) in [7, 11) is 0. The lowest BCUT2D eigenvalue weighted by molar-refractivity contribution is 0.138. The van der Waals surface area contributed by atoms with Crippen molar-refractivity contribution in [2.45, 2.75) is 70.2 Å². The van der Waals surface area contributed by atoms with Gasteiger partial charge in [-0.1, -0.05) is 61.2 Å². The summed E-state index contributed by atoms with van der Waals surface area (Å²) in [6, 6.07) is 6.73. The van der Waals surface area contributed by atoms with E-state index in [2.05, 4.69) is 61.8 Å². The number of benzene rings is 1. The number of ether oxygens (including phenoxy) is 1. The largest absolute Gasteiger partial charge is 0.487 e. The zero-order valence-electron chi connectivity index (χ0n) is 13.2. The Bertz CT molecular complexity index is 453. The summed E-state index contributed by atoms with van der Waals surface area (Å²) in [4.78, 5) is 0.466. The van der Waals surface area contributed by atoms with E-state index in [1.54, 1.807) is 0 Å². The lowest BCUT2D eigenvalue weighted by Gasteiger charge is -2.22. The molecule has 0 aromatic heterocycles. The fourth-order valence-electron chi connectivity index (χ4n) is 3.10. The number of rotatable bonds is 6. The number of halogens is 1. The maximum absolute atomic E-state index is 5.97. The Morgan fingerprint density at radius 3 is 2.70 bits per heavy atom. The third-order valence-corrected chi connectivity index (χ3v) is 5.55. The van der Waals surface area contributed by atoms with Gasteiger partial charge in [-0.25, -0.2) is 0 Å². The second-order valence-corrected chi connectivity index (χ2v) is 7.60. The molecule has 0 bridgehead atoms. The molecule has 0 radical (unpaired) electrons. The molecular formula is C18H27BrO. The molecule has 1 aromatic rings. The molecule has 2 heteroatoms. The summed E-state index contributed by atoms with van der Waals surface area (Å²) in [5.41, 5.74) is 2.73. The van der Waals surface area contributed by atoms with E-state index in [9.17, 15) is 0 Å². The molecule has 1 aliphatic heterocycles. The predicted octanol–water partition coefficient (Wildman–Crippen LogP) is 6.05. The van der Waals surface area contributed by atoms with E-state index in [4.69, 9.17) is 4.74 Å². The molecular weight excluding hydrogens is 312 g/mol. The van der Waals surface area contributed by atoms with Crippen molar-refractivity contribution in [1.82, 2.24) is 0 Å². The minimum Gasteiger partial charge on any atom is -0.487 e. The molecule has 1 heterocycles. The first-order valence-electron chi connectivity index (χ1n) is 7.92. The van der Waals surface area contributed by atoms with Crippen LogP contribution in [0.3, 0.4) is 0 Å². The molecule has 0 saturated heterocycles. The smallest absolute Gasteiger partial charge is 0.123 e. The molecule has 0 N–H and O–H groups in total. The molecule has 2 unspecified atom stereocenters. The van der Waals surface area contributed by atoms with Crippen LogP contribution in [-0.4, -0.2) is 5.60 Å². The zero-order chi connectivity index (χ0) is 14.8. The molecule has 112 valence electrons. The van der Waals surface area contributed by atoms with Crippen LogP contribution in [0.15, 0.2) is 18.2 Å². The number of alkyl halides is 1. The summed E-state index contributed by atoms with van der Waals surface area (Å²) in [6.45, 7) is 8.89. The quantitative estimate of drug-likeness (QED) is 0.573. The minimum atomic E-state index is -0.0465. The van der Waals surface area contributed by atoms with Gasteiger partial charge in [-0.3, -0.25) is 0 Å². The number of hydrogen-bond donors (Lipinski definition) is 0. The Morgan fingerprint density at radius 2 is 2.05 bits per heavy atom. The van der Waals surface area contributed by atoms with Crippen molar-refractivity contribution < 1.29 is 4.74 Å². The summed E-state index contributed by atoms with van der Waals surface area (Å²) in [5.74, 6) is 1.79. The fourth-order valence-corrected chi connectivity index (χ4v) is 4.02. The predicted molar refractivity (Wildman–Crippen MR) is 89.8 cm³/mol. The highest BCUT2D eigenvalue weighted by Crippen LogP contribution is 2.41. The summed E-state index contributed by atoms with van der Waals surface area (Å²) >= 11 is 3.94. The van der Waals surface area contributed by atoms with Crippen LogP contribution >= 0.6 is 15.9 Å². The van der Waals surface area contributed by atoms with Crippen LogP contribution in [0.5, 0.6) is 5.75 Å². The molecule has 0 fully saturated rings. The summed E-state index contributed by atoms with van der Waals surface area (Å²) < 4.78 is 5.97. The first-order chi connectivity index (χ1) is 9.46. The van der Waals surface area contributed by atoms with E-state index in [-0.39, 0.29) is 5.60 Å². The normalized spacial score (nSPS) is 19.2. The second-order valence-electron chi connectivity index (χ2n) is 6.62. The molecule has 1 nitrogen and oxygen atoms in total. The maximum Gasteiger partial charge on any atom is 0.123 e. The highest BCUT2D eigenvalue weighted by Gasteiger charge is 2.30. The number of hydrogen-bond acceptors (Lipinski definition) is 1. The molecule has 1 aromatic carbocycles. The minimum absolute atomic E-state index is 0.0465. The van der Waals surface area contributed by atoms with E-state index < -0.39 is 0 Å². The Labute approximate surface area is 132 Å². The van der Waals surface area contributed by atoms with Crippen molar-refractivity contribution >= 4 is 15.9 Å². The molecule has 0 saturated carbocycles. The van der Waals surface area contributed by atoms with Gasteiger partial charge in [-0.2, -0.15) is 0 Å². The van der Waals surface area contributed by atoms with Gasteiger partial charge >= 0.3 is 0 Å². The monoisotopic (exact) mass is 338 g/mol. The topological polar surface area (TPSA) is 9.23 Å². The van der Waals surface area contributed by atoms with Crippen molar-refractivity contribution in [3.05, 3.63) is 29.3 Å². The van der Waals surface area contributed by atoms with Gasteiger partial charge < -0.3 is 4.74 Å². The van der Waals surface area contributed by atoms with Crippen LogP contribution in [0.25, 0.3) is 0 Å². The van der Waals surface area contributed by atoms with Crippen LogP contribution < -0.4 is 4.74 Å². The van der Waals surface area contributed by atoms with Gasteiger partial charge in [0.2, 0.25) is 0 Å². The van der Waals surface area contributed by atoms with Crippen LogP contribution in [0, 0.1) is 5.92 Å². The van der Waals surface area contributed by atoms with E-state index in [1.165, 1.54) is 36.8 Å². The first-order valence-corrected chi connectivity index (χ1v) is 8.84. The maximum atomic E-state index is 5.97. The van der Waals surface area contributed by atoms with E-state index in [1.807, 2.05) is 0 Å². The van der Waals surface area contributed by atoms with E-state index >= 15 is 0 Å². The SMILES string of the molecule is CCCCC(CC)C(Br)c1ccc2c(c1)CC(C)(C)O2. The van der Waals surface area contributed by atoms with Crippen molar-refractivity contribution in [3.8, 4) is 5.75 Å². The molecule has 20 heavy (non-hydrogen) atoms. The van der Waals surface area contributed by atoms with Gasteiger partial charge in [0.25, 0.3) is 0 Å². The van der Waals surface area contributed by atoms with Crippen LogP contribution in [0.2, 0.25) is 0 Å². The highest BCUT2D eigenvalue weighted by atomic mass is 79.9. The van der Waals surface area contributed by atoms with E-state index in [0.29, 0.717) is 4.83 Å². The van der Waals surface area contributed by atoms with Crippen molar-refractivity contribution in [1.29, 1.82) is 0 Å². The lowest BCUT2D eigenvalue weighted by atomic mass is 9.90. The van der Waals surface area contributed by atoms with Crippen LogP contribution in [0.1, 0.15) is 69.3 Å². The van der Waals surface area contributed by atoms with Gasteiger partial charge in [0, 0.05) is 11.2 Å². The molecule has 1 aliphatic rings. The first kappa shape index (κ1) is 15.9. The Morgan fingerprint density at radius 1 is 1.30 bits per heavy atom. The second kappa shape index (κ2) is 6.51.